The van der Waals surface area contributed by atoms with Crippen molar-refractivity contribution in [3.05, 3.63) is 47.3 Å². The van der Waals surface area contributed by atoms with E-state index in [2.05, 4.69) is 5.10 Å². The van der Waals surface area contributed by atoms with Gasteiger partial charge in [0.2, 0.25) is 0 Å². The predicted molar refractivity (Wildman–Crippen MR) is 97.5 cm³/mol. The summed E-state index contributed by atoms with van der Waals surface area (Å²) in [4.78, 5) is 11.2. The van der Waals surface area contributed by atoms with Crippen molar-refractivity contribution in [2.24, 2.45) is 0 Å². The van der Waals surface area contributed by atoms with Gasteiger partial charge in [0.25, 0.3) is 0 Å². The van der Waals surface area contributed by atoms with Gasteiger partial charge in [-0.3, -0.25) is 0 Å². The number of halogens is 3. The minimum absolute atomic E-state index is 0.0344. The highest BCUT2D eigenvalue weighted by Crippen LogP contribution is 2.37. The molecule has 0 atom stereocenters. The third-order valence-corrected chi connectivity index (χ3v) is 9.28. The smallest absolute Gasteiger partial charge is 0.435 e. The fourth-order valence-electron chi connectivity index (χ4n) is 2.13. The Labute approximate surface area is 156 Å². The molecular formula is C18H23F3N2O3Si. The molecule has 1 aromatic carbocycles. The van der Waals surface area contributed by atoms with E-state index in [-0.39, 0.29) is 28.6 Å². The molecule has 0 radical (unpaired) electrons. The average Bonchev–Trinajstić information content (AvgIpc) is 2.96. The van der Waals surface area contributed by atoms with Crippen molar-refractivity contribution in [3.63, 3.8) is 0 Å². The van der Waals surface area contributed by atoms with E-state index in [0.717, 1.165) is 10.7 Å². The first kappa shape index (κ1) is 21.2. The molecule has 0 saturated heterocycles. The second kappa shape index (κ2) is 7.12. The lowest BCUT2D eigenvalue weighted by molar-refractivity contribution is -0.141. The number of benzene rings is 1. The normalized spacial score (nSPS) is 13.0. The highest BCUT2D eigenvalue weighted by Gasteiger charge is 2.38. The number of nitrogens with zero attached hydrogens (tertiary/aromatic N) is 2. The monoisotopic (exact) mass is 400 g/mol. The first-order chi connectivity index (χ1) is 12.2. The van der Waals surface area contributed by atoms with E-state index in [9.17, 15) is 18.0 Å². The summed E-state index contributed by atoms with van der Waals surface area (Å²) in [6, 6.07) is 6.57. The van der Waals surface area contributed by atoms with Gasteiger partial charge in [-0.05, 0) is 42.4 Å². The molecule has 2 aromatic rings. The van der Waals surface area contributed by atoms with Crippen LogP contribution in [0.25, 0.3) is 5.69 Å². The lowest BCUT2D eigenvalue weighted by atomic mass is 10.2. The van der Waals surface area contributed by atoms with Crippen LogP contribution in [-0.2, 0) is 17.2 Å². The molecule has 0 aliphatic rings. The third kappa shape index (κ3) is 4.78. The summed E-state index contributed by atoms with van der Waals surface area (Å²) < 4.78 is 46.6. The molecule has 148 valence electrons. The Kier molecular flexibility index (Phi) is 5.58. The number of carboxylic acid groups (broad SMARTS) is 1. The lowest BCUT2D eigenvalue weighted by Gasteiger charge is -2.36. The van der Waals surface area contributed by atoms with Crippen LogP contribution in [0.2, 0.25) is 18.1 Å². The molecule has 9 heteroatoms. The van der Waals surface area contributed by atoms with E-state index in [1.54, 1.807) is 0 Å². The minimum Gasteiger partial charge on any atom is -0.478 e. The van der Waals surface area contributed by atoms with Crippen LogP contribution >= 0.6 is 0 Å². The number of hydrogen-bond donors (Lipinski definition) is 1. The number of aromatic nitrogens is 2. The zero-order chi connectivity index (χ0) is 20.6. The largest absolute Gasteiger partial charge is 0.478 e. The van der Waals surface area contributed by atoms with Crippen LogP contribution in [0.1, 0.15) is 42.5 Å². The van der Waals surface area contributed by atoms with Gasteiger partial charge in [-0.15, -0.1) is 0 Å². The van der Waals surface area contributed by atoms with Gasteiger partial charge in [0.1, 0.15) is 0 Å². The zero-order valence-corrected chi connectivity index (χ0v) is 16.9. The van der Waals surface area contributed by atoms with Gasteiger partial charge >= 0.3 is 12.1 Å². The van der Waals surface area contributed by atoms with Crippen molar-refractivity contribution in [2.45, 2.75) is 51.7 Å². The molecule has 1 N–H and O–H groups in total. The van der Waals surface area contributed by atoms with Crippen LogP contribution in [0.4, 0.5) is 13.2 Å². The summed E-state index contributed by atoms with van der Waals surface area (Å²) in [6.45, 7) is 10.1. The van der Waals surface area contributed by atoms with Crippen molar-refractivity contribution < 1.29 is 27.5 Å². The van der Waals surface area contributed by atoms with Gasteiger partial charge < -0.3 is 9.53 Å². The maximum absolute atomic E-state index is 13.2. The molecule has 0 aliphatic carbocycles. The van der Waals surface area contributed by atoms with Gasteiger partial charge in [-0.25, -0.2) is 9.48 Å². The van der Waals surface area contributed by atoms with Crippen molar-refractivity contribution >= 4 is 14.3 Å². The van der Waals surface area contributed by atoms with Gasteiger partial charge in [0.15, 0.2) is 14.0 Å². The Bertz CT molecular complexity index is 839. The number of hydrogen-bond acceptors (Lipinski definition) is 3. The molecule has 0 bridgehead atoms. The summed E-state index contributed by atoms with van der Waals surface area (Å²) in [6.07, 6.45) is -4.61. The molecule has 0 unspecified atom stereocenters. The van der Waals surface area contributed by atoms with Crippen LogP contribution in [0.5, 0.6) is 0 Å². The molecule has 0 amide bonds. The molecule has 0 fully saturated rings. The van der Waals surface area contributed by atoms with Crippen LogP contribution in [0, 0.1) is 0 Å². The fraction of sp³-hybridized carbons (Fsp3) is 0.444. The number of rotatable bonds is 5. The molecule has 5 nitrogen and oxygen atoms in total. The van der Waals surface area contributed by atoms with E-state index in [0.29, 0.717) is 0 Å². The summed E-state index contributed by atoms with van der Waals surface area (Å²) in [5.74, 6) is -1.17. The maximum Gasteiger partial charge on any atom is 0.435 e. The van der Waals surface area contributed by atoms with Gasteiger partial charge in [0.05, 0.1) is 23.6 Å². The van der Waals surface area contributed by atoms with E-state index in [1.807, 2.05) is 33.9 Å². The summed E-state index contributed by atoms with van der Waals surface area (Å²) in [5.41, 5.74) is -0.626. The Balaban J connectivity index is 2.46. The average molecular weight is 400 g/mol. The van der Waals surface area contributed by atoms with Crippen molar-refractivity contribution in [1.82, 2.24) is 9.78 Å². The highest BCUT2D eigenvalue weighted by atomic mass is 28.4. The third-order valence-electron chi connectivity index (χ3n) is 4.80. The van der Waals surface area contributed by atoms with Crippen molar-refractivity contribution in [3.8, 4) is 5.69 Å². The second-order valence-electron chi connectivity index (χ2n) is 7.83. The van der Waals surface area contributed by atoms with Crippen molar-refractivity contribution in [1.29, 1.82) is 0 Å². The van der Waals surface area contributed by atoms with E-state index >= 15 is 0 Å². The fourth-order valence-corrected chi connectivity index (χ4v) is 3.07. The number of alkyl halides is 3. The first-order valence-electron chi connectivity index (χ1n) is 8.36. The number of aromatic carboxylic acids is 1. The van der Waals surface area contributed by atoms with Crippen molar-refractivity contribution in [2.75, 3.05) is 0 Å². The Hall–Kier alpha value is -2.13. The summed E-state index contributed by atoms with van der Waals surface area (Å²) in [5, 5.41) is 12.7. The topological polar surface area (TPSA) is 64.4 Å². The standard InChI is InChI=1S/C18H23F3N2O3Si/c1-17(2,3)27(4,5)26-11-14-10-15(18(19,20)21)22-23(14)13-8-6-7-12(9-13)16(24)25/h6-10H,11H2,1-5H3,(H,24,25). The van der Waals surface area contributed by atoms with E-state index in [1.165, 1.54) is 24.3 Å². The van der Waals surface area contributed by atoms with E-state index in [4.69, 9.17) is 9.53 Å². The first-order valence-corrected chi connectivity index (χ1v) is 11.3. The molecule has 27 heavy (non-hydrogen) atoms. The van der Waals surface area contributed by atoms with Crippen LogP contribution in [-0.4, -0.2) is 29.2 Å². The predicted octanol–water partition coefficient (Wildman–Crippen LogP) is 5.11. The molecule has 2 rings (SSSR count). The van der Waals surface area contributed by atoms with Gasteiger partial charge in [0, 0.05) is 0 Å². The minimum atomic E-state index is -4.61. The molecule has 1 aromatic heterocycles. The maximum atomic E-state index is 13.2. The highest BCUT2D eigenvalue weighted by molar-refractivity contribution is 6.74. The Morgan fingerprint density at radius 2 is 1.85 bits per heavy atom. The lowest BCUT2D eigenvalue weighted by Crippen LogP contribution is -2.40. The summed E-state index contributed by atoms with van der Waals surface area (Å²) in [7, 11) is -2.19. The molecule has 0 aliphatic heterocycles. The number of carboxylic acids is 1. The molecule has 0 saturated carbocycles. The number of carbonyl (C=O) groups is 1. The SMILES string of the molecule is CC(C)(C)[Si](C)(C)OCc1cc(C(F)(F)F)nn1-c1cccc(C(=O)O)c1. The van der Waals surface area contributed by atoms with Crippen LogP contribution in [0.15, 0.2) is 30.3 Å². The van der Waals surface area contributed by atoms with Crippen LogP contribution in [0.3, 0.4) is 0 Å². The molecule has 1 heterocycles. The molecular weight excluding hydrogens is 377 g/mol. The zero-order valence-electron chi connectivity index (χ0n) is 15.9. The second-order valence-corrected chi connectivity index (χ2v) is 12.6. The van der Waals surface area contributed by atoms with E-state index < -0.39 is 26.2 Å². The van der Waals surface area contributed by atoms with Gasteiger partial charge in [-0.1, -0.05) is 26.8 Å². The summed E-state index contributed by atoms with van der Waals surface area (Å²) >= 11 is 0. The van der Waals surface area contributed by atoms with Gasteiger partial charge in [-0.2, -0.15) is 18.3 Å². The molecule has 0 spiro atoms. The Morgan fingerprint density at radius 3 is 2.37 bits per heavy atom. The Morgan fingerprint density at radius 1 is 1.22 bits per heavy atom. The quantitative estimate of drug-likeness (QED) is 0.708. The van der Waals surface area contributed by atoms with Crippen LogP contribution < -0.4 is 0 Å².